The maximum atomic E-state index is 11.2. The minimum absolute atomic E-state index is 0.363. The molecule has 3 fully saturated rings. The summed E-state index contributed by atoms with van der Waals surface area (Å²) < 4.78 is 21.7. The largest absolute Gasteiger partial charge is 0.455 e. The van der Waals surface area contributed by atoms with Crippen molar-refractivity contribution in [3.05, 3.63) is 0 Å². The molecule has 3 aliphatic heterocycles. The third-order valence-corrected chi connectivity index (χ3v) is 3.22. The predicted octanol–water partition coefficient (Wildman–Crippen LogP) is 0.396. The zero-order valence-corrected chi connectivity index (χ0v) is 9.06. The molecule has 6 heteroatoms. The van der Waals surface area contributed by atoms with E-state index in [9.17, 15) is 4.79 Å². The van der Waals surface area contributed by atoms with Gasteiger partial charge in [-0.25, -0.2) is 0 Å². The standard InChI is InChI=1S/C9H11ClO5/c1-9(2)14-6-5-4(13-8(6)15-9)3(10)7(11)12-5/h3-6,8H,1-2H3/t3-,4?,5+,6-,8-/m1/s1. The Hall–Kier alpha value is -0.360. The molecule has 3 saturated heterocycles. The number of carbonyl (C=O) groups excluding carboxylic acids is 1. The molecule has 3 heterocycles. The summed E-state index contributed by atoms with van der Waals surface area (Å²) in [7, 11) is 0. The molecule has 0 aromatic carbocycles. The fourth-order valence-corrected chi connectivity index (χ4v) is 2.46. The van der Waals surface area contributed by atoms with Crippen LogP contribution in [0.5, 0.6) is 0 Å². The van der Waals surface area contributed by atoms with Crippen LogP contribution in [0, 0.1) is 0 Å². The molecule has 0 spiro atoms. The number of halogens is 1. The molecule has 84 valence electrons. The third-order valence-electron chi connectivity index (χ3n) is 2.79. The lowest BCUT2D eigenvalue weighted by Gasteiger charge is -2.20. The number of ether oxygens (including phenoxy) is 4. The number of hydrogen-bond donors (Lipinski definition) is 0. The maximum absolute atomic E-state index is 11.2. The van der Waals surface area contributed by atoms with Gasteiger partial charge in [-0.2, -0.15) is 0 Å². The Bertz CT molecular complexity index is 318. The van der Waals surface area contributed by atoms with Crippen LogP contribution in [0.15, 0.2) is 0 Å². The van der Waals surface area contributed by atoms with Crippen LogP contribution in [0.25, 0.3) is 0 Å². The van der Waals surface area contributed by atoms with Crippen LogP contribution in [-0.4, -0.2) is 41.7 Å². The Morgan fingerprint density at radius 3 is 2.67 bits per heavy atom. The normalized spacial score (nSPS) is 51.4. The topological polar surface area (TPSA) is 54.0 Å². The molecule has 0 saturated carbocycles. The molecular weight excluding hydrogens is 224 g/mol. The summed E-state index contributed by atoms with van der Waals surface area (Å²) in [5.74, 6) is -1.14. The smallest absolute Gasteiger partial charge is 0.327 e. The maximum Gasteiger partial charge on any atom is 0.327 e. The van der Waals surface area contributed by atoms with Crippen molar-refractivity contribution >= 4 is 17.6 Å². The molecule has 3 rings (SSSR count). The van der Waals surface area contributed by atoms with Gasteiger partial charge in [-0.1, -0.05) is 0 Å². The van der Waals surface area contributed by atoms with Crippen molar-refractivity contribution in [1.82, 2.24) is 0 Å². The van der Waals surface area contributed by atoms with Crippen LogP contribution in [-0.2, 0) is 23.7 Å². The van der Waals surface area contributed by atoms with Gasteiger partial charge in [-0.3, -0.25) is 4.79 Å². The van der Waals surface area contributed by atoms with Crippen LogP contribution >= 0.6 is 11.6 Å². The number of carbonyl (C=O) groups is 1. The number of fused-ring (bicyclic) bond motifs is 3. The minimum Gasteiger partial charge on any atom is -0.455 e. The van der Waals surface area contributed by atoms with Crippen LogP contribution in [0.2, 0.25) is 0 Å². The molecule has 1 unspecified atom stereocenters. The van der Waals surface area contributed by atoms with E-state index in [1.165, 1.54) is 0 Å². The van der Waals surface area contributed by atoms with Crippen molar-refractivity contribution in [3.8, 4) is 0 Å². The summed E-state index contributed by atoms with van der Waals surface area (Å²) in [5.41, 5.74) is 0. The summed E-state index contributed by atoms with van der Waals surface area (Å²) in [4.78, 5) is 11.2. The summed E-state index contributed by atoms with van der Waals surface area (Å²) in [6.45, 7) is 3.58. The lowest BCUT2D eigenvalue weighted by atomic mass is 10.1. The minimum atomic E-state index is -0.754. The van der Waals surface area contributed by atoms with Crippen LogP contribution in [0.3, 0.4) is 0 Å². The van der Waals surface area contributed by atoms with Crippen molar-refractivity contribution in [2.45, 2.75) is 49.6 Å². The third kappa shape index (κ3) is 1.30. The number of alkyl halides is 1. The highest BCUT2D eigenvalue weighted by Crippen LogP contribution is 2.43. The zero-order valence-electron chi connectivity index (χ0n) is 8.31. The molecule has 0 aliphatic carbocycles. The van der Waals surface area contributed by atoms with Gasteiger partial charge in [-0.15, -0.1) is 11.6 Å². The van der Waals surface area contributed by atoms with E-state index in [-0.39, 0.29) is 6.10 Å². The summed E-state index contributed by atoms with van der Waals surface area (Å²) >= 11 is 5.84. The van der Waals surface area contributed by atoms with Gasteiger partial charge >= 0.3 is 5.97 Å². The second-order valence-corrected chi connectivity index (χ2v) is 4.84. The fraction of sp³-hybridized carbons (Fsp3) is 0.889. The molecular formula is C9H11ClO5. The second-order valence-electron chi connectivity index (χ2n) is 4.37. The van der Waals surface area contributed by atoms with Crippen LogP contribution in [0.4, 0.5) is 0 Å². The Kier molecular flexibility index (Phi) is 1.87. The first-order valence-electron chi connectivity index (χ1n) is 4.84. The van der Waals surface area contributed by atoms with Gasteiger partial charge in [0.1, 0.15) is 6.10 Å². The first kappa shape index (κ1) is 9.84. The SMILES string of the molecule is CC1(C)O[C@H]2OC3[C@@H](Cl)C(=O)O[C@@H]3[C@H]2O1. The van der Waals surface area contributed by atoms with Gasteiger partial charge < -0.3 is 18.9 Å². The van der Waals surface area contributed by atoms with E-state index in [4.69, 9.17) is 30.5 Å². The van der Waals surface area contributed by atoms with Crippen molar-refractivity contribution < 1.29 is 23.7 Å². The first-order chi connectivity index (χ1) is 6.98. The van der Waals surface area contributed by atoms with Gasteiger partial charge in [0.15, 0.2) is 29.7 Å². The Morgan fingerprint density at radius 1 is 1.20 bits per heavy atom. The van der Waals surface area contributed by atoms with Gasteiger partial charge in [-0.05, 0) is 13.8 Å². The molecule has 0 bridgehead atoms. The van der Waals surface area contributed by atoms with E-state index >= 15 is 0 Å². The van der Waals surface area contributed by atoms with E-state index in [2.05, 4.69) is 0 Å². The van der Waals surface area contributed by atoms with Gasteiger partial charge in [0.2, 0.25) is 0 Å². The van der Waals surface area contributed by atoms with E-state index in [0.717, 1.165) is 0 Å². The Balaban J connectivity index is 1.83. The quantitative estimate of drug-likeness (QED) is 0.449. The van der Waals surface area contributed by atoms with E-state index in [0.29, 0.717) is 0 Å². The number of hydrogen-bond acceptors (Lipinski definition) is 5. The van der Waals surface area contributed by atoms with Crippen molar-refractivity contribution in [2.24, 2.45) is 0 Å². The molecule has 5 atom stereocenters. The summed E-state index contributed by atoms with van der Waals surface area (Å²) in [6.07, 6.45) is -1.74. The fourth-order valence-electron chi connectivity index (χ4n) is 2.21. The van der Waals surface area contributed by atoms with Crippen molar-refractivity contribution in [2.75, 3.05) is 0 Å². The average Bonchev–Trinajstić information content (AvgIpc) is 2.66. The zero-order chi connectivity index (χ0) is 10.8. The highest BCUT2D eigenvalue weighted by atomic mass is 35.5. The number of esters is 1. The molecule has 0 radical (unpaired) electrons. The van der Waals surface area contributed by atoms with Crippen LogP contribution < -0.4 is 0 Å². The number of rotatable bonds is 0. The monoisotopic (exact) mass is 234 g/mol. The Labute approximate surface area is 91.6 Å². The lowest BCUT2D eigenvalue weighted by molar-refractivity contribution is -0.209. The molecule has 15 heavy (non-hydrogen) atoms. The van der Waals surface area contributed by atoms with Crippen molar-refractivity contribution in [1.29, 1.82) is 0 Å². The first-order valence-corrected chi connectivity index (χ1v) is 5.27. The average molecular weight is 235 g/mol. The molecule has 0 N–H and O–H groups in total. The predicted molar refractivity (Wildman–Crippen MR) is 48.2 cm³/mol. The van der Waals surface area contributed by atoms with E-state index in [1.54, 1.807) is 13.8 Å². The molecule has 3 aliphatic rings. The van der Waals surface area contributed by atoms with E-state index in [1.807, 2.05) is 0 Å². The van der Waals surface area contributed by atoms with E-state index < -0.39 is 35.6 Å². The second kappa shape index (κ2) is 2.85. The van der Waals surface area contributed by atoms with Crippen molar-refractivity contribution in [3.63, 3.8) is 0 Å². The van der Waals surface area contributed by atoms with Crippen LogP contribution in [0.1, 0.15) is 13.8 Å². The lowest BCUT2D eigenvalue weighted by Crippen LogP contribution is -2.34. The highest BCUT2D eigenvalue weighted by molar-refractivity contribution is 6.31. The molecule has 0 amide bonds. The molecule has 5 nitrogen and oxygen atoms in total. The molecule has 0 aromatic rings. The van der Waals surface area contributed by atoms with Gasteiger partial charge in [0, 0.05) is 0 Å². The summed E-state index contributed by atoms with van der Waals surface area (Å²) in [5, 5.41) is -0.754. The summed E-state index contributed by atoms with van der Waals surface area (Å²) in [6, 6.07) is 0. The highest BCUT2D eigenvalue weighted by Gasteiger charge is 2.62. The van der Waals surface area contributed by atoms with Gasteiger partial charge in [0.25, 0.3) is 0 Å². The molecule has 0 aromatic heterocycles. The Morgan fingerprint density at radius 2 is 1.93 bits per heavy atom. The van der Waals surface area contributed by atoms with Gasteiger partial charge in [0.05, 0.1) is 0 Å².